The Morgan fingerprint density at radius 1 is 1.20 bits per heavy atom. The summed E-state index contributed by atoms with van der Waals surface area (Å²) in [6.45, 7) is -0.0608. The average molecular weight is 417 g/mol. The van der Waals surface area contributed by atoms with Crippen LogP contribution in [-0.4, -0.2) is 17.9 Å². The van der Waals surface area contributed by atoms with Crippen LogP contribution in [0.2, 0.25) is 0 Å². The second-order valence-corrected chi connectivity index (χ2v) is 5.80. The molecule has 0 radical (unpaired) electrons. The fourth-order valence-corrected chi connectivity index (χ4v) is 2.63. The number of benzene rings is 2. The number of ether oxygens (including phenoxy) is 2. The second-order valence-electron chi connectivity index (χ2n) is 4.94. The lowest BCUT2D eigenvalue weighted by Crippen LogP contribution is -2.05. The lowest BCUT2D eigenvalue weighted by atomic mass is 10.1. The van der Waals surface area contributed by atoms with Crippen LogP contribution in [0.5, 0.6) is 11.5 Å². The lowest BCUT2D eigenvalue weighted by Gasteiger charge is -2.09. The van der Waals surface area contributed by atoms with Crippen LogP contribution in [-0.2, 0) is 6.18 Å². The first kappa shape index (κ1) is 17.2. The van der Waals surface area contributed by atoms with Gasteiger partial charge >= 0.3 is 6.18 Å². The molecule has 2 aromatic carbocycles. The summed E-state index contributed by atoms with van der Waals surface area (Å²) in [5.41, 5.74) is -1.09. The predicted molar refractivity (Wildman–Crippen MR) is 85.6 cm³/mol. The zero-order valence-corrected chi connectivity index (χ0v) is 13.8. The van der Waals surface area contributed by atoms with E-state index < -0.39 is 16.7 Å². The minimum atomic E-state index is -4.55. The summed E-state index contributed by atoms with van der Waals surface area (Å²) < 4.78 is 48.8. The van der Waals surface area contributed by atoms with Crippen molar-refractivity contribution in [1.82, 2.24) is 0 Å². The molecular weight excluding hydrogens is 409 g/mol. The third-order valence-corrected chi connectivity index (χ3v) is 4.02. The molecule has 0 fully saturated rings. The van der Waals surface area contributed by atoms with E-state index >= 15 is 0 Å². The Morgan fingerprint density at radius 3 is 2.52 bits per heavy atom. The second kappa shape index (κ2) is 6.36. The molecule has 0 spiro atoms. The van der Waals surface area contributed by atoms with Crippen LogP contribution < -0.4 is 9.47 Å². The van der Waals surface area contributed by atoms with Gasteiger partial charge in [0.2, 0.25) is 6.79 Å². The summed E-state index contributed by atoms with van der Waals surface area (Å²) in [6, 6.07) is 5.96. The van der Waals surface area contributed by atoms with Crippen LogP contribution in [0.25, 0.3) is 0 Å². The third kappa shape index (κ3) is 3.58. The quantitative estimate of drug-likeness (QED) is 0.407. The van der Waals surface area contributed by atoms with E-state index in [1.807, 2.05) is 0 Å². The molecular formula is C15H8BrF3N2O4. The van der Waals surface area contributed by atoms with E-state index in [0.29, 0.717) is 5.75 Å². The number of nitrogens with zero attached hydrogens (tertiary/aromatic N) is 2. The number of rotatable bonds is 3. The molecule has 0 aromatic heterocycles. The Morgan fingerprint density at radius 2 is 1.88 bits per heavy atom. The van der Waals surface area contributed by atoms with Crippen LogP contribution >= 0.6 is 15.9 Å². The molecule has 0 unspecified atom stereocenters. The summed E-state index contributed by atoms with van der Waals surface area (Å²) in [6.07, 6.45) is -3.43. The van der Waals surface area contributed by atoms with Gasteiger partial charge in [0.15, 0.2) is 11.5 Å². The van der Waals surface area contributed by atoms with Crippen LogP contribution in [0.15, 0.2) is 39.8 Å². The zero-order valence-electron chi connectivity index (χ0n) is 12.2. The maximum absolute atomic E-state index is 12.9. The molecule has 3 rings (SSSR count). The van der Waals surface area contributed by atoms with E-state index in [1.165, 1.54) is 24.3 Å². The molecule has 25 heavy (non-hydrogen) atoms. The van der Waals surface area contributed by atoms with Gasteiger partial charge in [0, 0.05) is 10.7 Å². The highest BCUT2D eigenvalue weighted by Crippen LogP contribution is 2.39. The molecule has 0 bridgehead atoms. The van der Waals surface area contributed by atoms with Gasteiger partial charge in [0.25, 0.3) is 5.69 Å². The molecule has 10 heteroatoms. The first-order chi connectivity index (χ1) is 11.8. The van der Waals surface area contributed by atoms with Gasteiger partial charge in [-0.05, 0) is 24.3 Å². The topological polar surface area (TPSA) is 74.0 Å². The van der Waals surface area contributed by atoms with Crippen molar-refractivity contribution < 1.29 is 27.6 Å². The number of aliphatic imine (C=N–C) groups is 1. The average Bonchev–Trinajstić information content (AvgIpc) is 2.99. The molecule has 0 saturated heterocycles. The van der Waals surface area contributed by atoms with Gasteiger partial charge in [0.1, 0.15) is 0 Å². The van der Waals surface area contributed by atoms with Crippen molar-refractivity contribution in [1.29, 1.82) is 0 Å². The van der Waals surface area contributed by atoms with Crippen LogP contribution in [0.3, 0.4) is 0 Å². The fourth-order valence-electron chi connectivity index (χ4n) is 2.16. The molecule has 6 nitrogen and oxygen atoms in total. The first-order valence-corrected chi connectivity index (χ1v) is 7.54. The Hall–Kier alpha value is -2.62. The number of nitro groups is 1. The molecule has 0 aliphatic carbocycles. The SMILES string of the molecule is O=[N+]([O-])c1cc2c(cc1C=Nc1ccc(Br)c(C(F)(F)F)c1)OCO2. The van der Waals surface area contributed by atoms with Crippen molar-refractivity contribution in [2.45, 2.75) is 6.18 Å². The Balaban J connectivity index is 1.99. The van der Waals surface area contributed by atoms with Gasteiger partial charge in [-0.1, -0.05) is 15.9 Å². The summed E-state index contributed by atoms with van der Waals surface area (Å²) in [5, 5.41) is 11.2. The molecule has 130 valence electrons. The van der Waals surface area contributed by atoms with E-state index in [-0.39, 0.29) is 34.0 Å². The van der Waals surface area contributed by atoms with E-state index in [4.69, 9.17) is 9.47 Å². The molecule has 1 aliphatic heterocycles. The van der Waals surface area contributed by atoms with Crippen molar-refractivity contribution in [3.63, 3.8) is 0 Å². The zero-order chi connectivity index (χ0) is 18.2. The monoisotopic (exact) mass is 416 g/mol. The molecule has 0 N–H and O–H groups in total. The Kier molecular flexibility index (Phi) is 4.38. The molecule has 1 aliphatic rings. The number of alkyl halides is 3. The largest absolute Gasteiger partial charge is 0.454 e. The number of hydrogen-bond donors (Lipinski definition) is 0. The molecule has 1 heterocycles. The van der Waals surface area contributed by atoms with Gasteiger partial charge in [-0.25, -0.2) is 0 Å². The third-order valence-electron chi connectivity index (χ3n) is 3.33. The lowest BCUT2D eigenvalue weighted by molar-refractivity contribution is -0.385. The number of hydrogen-bond acceptors (Lipinski definition) is 5. The minimum Gasteiger partial charge on any atom is -0.454 e. The normalized spacial score (nSPS) is 13.4. The smallest absolute Gasteiger partial charge is 0.417 e. The summed E-state index contributed by atoms with van der Waals surface area (Å²) >= 11 is 2.84. The molecule has 0 saturated carbocycles. The highest BCUT2D eigenvalue weighted by molar-refractivity contribution is 9.10. The standard InChI is InChI=1S/C15H8BrF3N2O4/c16-11-2-1-9(4-10(11)15(17,18)19)20-6-8-3-13-14(25-7-24-13)5-12(8)21(22)23/h1-6H,7H2. The van der Waals surface area contributed by atoms with E-state index in [9.17, 15) is 23.3 Å². The van der Waals surface area contributed by atoms with Crippen LogP contribution in [0.1, 0.15) is 11.1 Å². The van der Waals surface area contributed by atoms with Gasteiger partial charge in [-0.3, -0.25) is 15.1 Å². The number of nitro benzene ring substituents is 1. The van der Waals surface area contributed by atoms with E-state index in [1.54, 1.807) is 0 Å². The predicted octanol–water partition coefficient (Wildman–Crippen LogP) is 4.86. The van der Waals surface area contributed by atoms with Crippen molar-refractivity contribution in [2.24, 2.45) is 4.99 Å². The van der Waals surface area contributed by atoms with Crippen molar-refractivity contribution in [3.05, 3.63) is 56.0 Å². The summed E-state index contributed by atoms with van der Waals surface area (Å²) in [7, 11) is 0. The van der Waals surface area contributed by atoms with Crippen molar-refractivity contribution >= 4 is 33.5 Å². The van der Waals surface area contributed by atoms with Crippen molar-refractivity contribution in [2.75, 3.05) is 6.79 Å². The summed E-state index contributed by atoms with van der Waals surface area (Å²) in [5.74, 6) is 0.533. The van der Waals surface area contributed by atoms with Gasteiger partial charge in [-0.15, -0.1) is 0 Å². The molecule has 0 amide bonds. The Bertz CT molecular complexity index is 884. The Labute approximate surface area is 147 Å². The first-order valence-electron chi connectivity index (χ1n) is 6.74. The maximum Gasteiger partial charge on any atom is 0.417 e. The maximum atomic E-state index is 12.9. The number of halogens is 4. The van der Waals surface area contributed by atoms with E-state index in [2.05, 4.69) is 20.9 Å². The van der Waals surface area contributed by atoms with Crippen molar-refractivity contribution in [3.8, 4) is 11.5 Å². The fraction of sp³-hybridized carbons (Fsp3) is 0.133. The number of fused-ring (bicyclic) bond motifs is 1. The molecule has 0 atom stereocenters. The summed E-state index contributed by atoms with van der Waals surface area (Å²) in [4.78, 5) is 14.4. The van der Waals surface area contributed by atoms with Gasteiger partial charge < -0.3 is 9.47 Å². The molecule has 2 aromatic rings. The minimum absolute atomic E-state index is 0.00231. The van der Waals surface area contributed by atoms with Crippen LogP contribution in [0.4, 0.5) is 24.5 Å². The van der Waals surface area contributed by atoms with Gasteiger partial charge in [-0.2, -0.15) is 13.2 Å². The van der Waals surface area contributed by atoms with Gasteiger partial charge in [0.05, 0.1) is 27.8 Å². The van der Waals surface area contributed by atoms with E-state index in [0.717, 1.165) is 12.3 Å². The highest BCUT2D eigenvalue weighted by Gasteiger charge is 2.33. The highest BCUT2D eigenvalue weighted by atomic mass is 79.9. The van der Waals surface area contributed by atoms with Crippen LogP contribution in [0, 0.1) is 10.1 Å².